The summed E-state index contributed by atoms with van der Waals surface area (Å²) in [6, 6.07) is 15.0. The van der Waals surface area contributed by atoms with E-state index in [4.69, 9.17) is 9.47 Å². The molecule has 0 fully saturated rings. The van der Waals surface area contributed by atoms with Crippen LogP contribution in [0.3, 0.4) is 0 Å². The molecule has 1 heterocycles. The second-order valence-electron chi connectivity index (χ2n) is 5.26. The Balaban J connectivity index is 1.81. The van der Waals surface area contributed by atoms with Gasteiger partial charge in [-0.2, -0.15) is 4.57 Å². The summed E-state index contributed by atoms with van der Waals surface area (Å²) < 4.78 is 12.2. The van der Waals surface area contributed by atoms with Crippen molar-refractivity contribution in [2.24, 2.45) is 0 Å². The molecule has 0 unspecified atom stereocenters. The zero-order valence-electron chi connectivity index (χ0n) is 13.2. The molecule has 0 N–H and O–H groups in total. The molecule has 0 aliphatic heterocycles. The van der Waals surface area contributed by atoms with E-state index in [-0.39, 0.29) is 5.78 Å². The van der Waals surface area contributed by atoms with E-state index in [0.29, 0.717) is 12.1 Å². The van der Waals surface area contributed by atoms with Gasteiger partial charge in [-0.1, -0.05) is 0 Å². The minimum absolute atomic E-state index is 0.0607. The summed E-state index contributed by atoms with van der Waals surface area (Å²) in [7, 11) is 3.26. The number of hydrogen-bond acceptors (Lipinski definition) is 3. The molecule has 3 aromatic rings. The quantitative estimate of drug-likeness (QED) is 0.537. The van der Waals surface area contributed by atoms with E-state index in [2.05, 4.69) is 0 Å². The average molecular weight is 308 g/mol. The number of pyridine rings is 1. The number of benzene rings is 2. The third-order valence-electron chi connectivity index (χ3n) is 3.78. The van der Waals surface area contributed by atoms with Crippen LogP contribution in [-0.4, -0.2) is 20.0 Å². The van der Waals surface area contributed by atoms with Crippen LogP contribution in [0.1, 0.15) is 10.4 Å². The molecule has 23 heavy (non-hydrogen) atoms. The standard InChI is InChI=1S/C19H18NO3/c1-22-17-6-3-14(4-7-17)19(21)13-20-10-9-15-11-18(23-2)8-5-16(15)12-20/h3-12H,13H2,1-2H3/q+1. The fourth-order valence-electron chi connectivity index (χ4n) is 2.47. The Hall–Kier alpha value is -2.88. The number of carbonyl (C=O) groups excluding carboxylic acids is 1. The Morgan fingerprint density at radius 3 is 2.30 bits per heavy atom. The third-order valence-corrected chi connectivity index (χ3v) is 3.78. The molecule has 0 bridgehead atoms. The highest BCUT2D eigenvalue weighted by atomic mass is 16.5. The lowest BCUT2D eigenvalue weighted by atomic mass is 10.1. The van der Waals surface area contributed by atoms with Gasteiger partial charge in [0.05, 0.1) is 14.2 Å². The predicted octanol–water partition coefficient (Wildman–Crippen LogP) is 3.03. The Kier molecular flexibility index (Phi) is 4.24. The molecule has 116 valence electrons. The first-order chi connectivity index (χ1) is 11.2. The number of aromatic nitrogens is 1. The van der Waals surface area contributed by atoms with Gasteiger partial charge in [-0.15, -0.1) is 0 Å². The Labute approximate surface area is 134 Å². The van der Waals surface area contributed by atoms with Crippen LogP contribution in [-0.2, 0) is 6.54 Å². The van der Waals surface area contributed by atoms with E-state index in [1.54, 1.807) is 38.5 Å². The smallest absolute Gasteiger partial charge is 0.227 e. The van der Waals surface area contributed by atoms with Crippen molar-refractivity contribution in [3.63, 3.8) is 0 Å². The summed E-state index contributed by atoms with van der Waals surface area (Å²) >= 11 is 0. The molecule has 0 saturated carbocycles. The van der Waals surface area contributed by atoms with Crippen molar-refractivity contribution < 1.29 is 18.8 Å². The van der Waals surface area contributed by atoms with E-state index in [0.717, 1.165) is 22.3 Å². The number of ketones is 1. The molecule has 0 radical (unpaired) electrons. The lowest BCUT2D eigenvalue weighted by Gasteiger charge is -2.03. The number of fused-ring (bicyclic) bond motifs is 1. The van der Waals surface area contributed by atoms with Gasteiger partial charge in [0.2, 0.25) is 12.3 Å². The molecule has 1 aromatic heterocycles. The molecule has 0 atom stereocenters. The van der Waals surface area contributed by atoms with Gasteiger partial charge in [-0.3, -0.25) is 4.79 Å². The third kappa shape index (κ3) is 3.31. The summed E-state index contributed by atoms with van der Waals surface area (Å²) in [5.41, 5.74) is 0.674. The molecule has 0 aliphatic rings. The maximum Gasteiger partial charge on any atom is 0.227 e. The molecule has 4 heteroatoms. The maximum atomic E-state index is 12.4. The van der Waals surface area contributed by atoms with Crippen molar-refractivity contribution in [1.82, 2.24) is 0 Å². The zero-order chi connectivity index (χ0) is 16.2. The van der Waals surface area contributed by atoms with Crippen LogP contribution in [0.4, 0.5) is 0 Å². The van der Waals surface area contributed by atoms with Gasteiger partial charge in [0.1, 0.15) is 11.5 Å². The van der Waals surface area contributed by atoms with Gasteiger partial charge in [0.25, 0.3) is 0 Å². The number of nitrogens with zero attached hydrogens (tertiary/aromatic N) is 1. The van der Waals surface area contributed by atoms with Crippen LogP contribution >= 0.6 is 0 Å². The topological polar surface area (TPSA) is 39.4 Å². The Bertz CT molecular complexity index is 841. The SMILES string of the molecule is COc1ccc(C(=O)C[n+]2ccc3cc(OC)ccc3c2)cc1. The number of carbonyl (C=O) groups is 1. The largest absolute Gasteiger partial charge is 0.497 e. The number of hydrogen-bond donors (Lipinski definition) is 0. The van der Waals surface area contributed by atoms with E-state index < -0.39 is 0 Å². The molecular weight excluding hydrogens is 290 g/mol. The fraction of sp³-hybridized carbons (Fsp3) is 0.158. The lowest BCUT2D eigenvalue weighted by Crippen LogP contribution is -2.37. The van der Waals surface area contributed by atoms with Gasteiger partial charge in [0, 0.05) is 17.0 Å². The monoisotopic (exact) mass is 308 g/mol. The van der Waals surface area contributed by atoms with Crippen molar-refractivity contribution in [1.29, 1.82) is 0 Å². The lowest BCUT2D eigenvalue weighted by molar-refractivity contribution is -0.681. The van der Waals surface area contributed by atoms with Crippen LogP contribution in [0.25, 0.3) is 10.8 Å². The molecule has 0 saturated heterocycles. The Morgan fingerprint density at radius 2 is 1.61 bits per heavy atom. The minimum Gasteiger partial charge on any atom is -0.497 e. The molecule has 0 spiro atoms. The highest BCUT2D eigenvalue weighted by molar-refractivity contribution is 5.95. The minimum atomic E-state index is 0.0607. The summed E-state index contributed by atoms with van der Waals surface area (Å²) in [6.45, 7) is 0.300. The van der Waals surface area contributed by atoms with Crippen LogP contribution in [0, 0.1) is 0 Å². The van der Waals surface area contributed by atoms with Gasteiger partial charge >= 0.3 is 0 Å². The molecule has 3 rings (SSSR count). The van der Waals surface area contributed by atoms with E-state index in [1.165, 1.54) is 0 Å². The number of methoxy groups -OCH3 is 2. The molecular formula is C19H18NO3+. The second-order valence-corrected chi connectivity index (χ2v) is 5.26. The van der Waals surface area contributed by atoms with Crippen LogP contribution in [0.2, 0.25) is 0 Å². The maximum absolute atomic E-state index is 12.4. The van der Waals surface area contributed by atoms with Gasteiger partial charge < -0.3 is 9.47 Å². The number of rotatable bonds is 5. The van der Waals surface area contributed by atoms with E-state index in [9.17, 15) is 4.79 Å². The van der Waals surface area contributed by atoms with Crippen LogP contribution in [0.5, 0.6) is 11.5 Å². The van der Waals surface area contributed by atoms with Crippen LogP contribution < -0.4 is 14.0 Å². The highest BCUT2D eigenvalue weighted by Crippen LogP contribution is 2.19. The summed E-state index contributed by atoms with van der Waals surface area (Å²) in [4.78, 5) is 12.4. The fourth-order valence-corrected chi connectivity index (χ4v) is 2.47. The summed E-state index contributed by atoms with van der Waals surface area (Å²) in [5.74, 6) is 1.63. The van der Waals surface area contributed by atoms with Crippen molar-refractivity contribution in [2.75, 3.05) is 14.2 Å². The average Bonchev–Trinajstić information content (AvgIpc) is 2.61. The Morgan fingerprint density at radius 1 is 0.913 bits per heavy atom. The van der Waals surface area contributed by atoms with E-state index in [1.807, 2.05) is 41.2 Å². The molecule has 2 aromatic carbocycles. The molecule has 0 aliphatic carbocycles. The van der Waals surface area contributed by atoms with E-state index >= 15 is 0 Å². The molecule has 4 nitrogen and oxygen atoms in total. The number of Topliss-reactive ketones (excluding diaryl/α,β-unsaturated/α-hetero) is 1. The van der Waals surface area contributed by atoms with Crippen molar-refractivity contribution in [2.45, 2.75) is 6.54 Å². The van der Waals surface area contributed by atoms with Gasteiger partial charge in [-0.25, -0.2) is 0 Å². The zero-order valence-corrected chi connectivity index (χ0v) is 13.2. The van der Waals surface area contributed by atoms with Crippen molar-refractivity contribution in [3.8, 4) is 11.5 Å². The second kappa shape index (κ2) is 6.48. The summed E-state index contributed by atoms with van der Waals surface area (Å²) in [5, 5.41) is 2.15. The first-order valence-electron chi connectivity index (χ1n) is 7.34. The number of ether oxygens (including phenoxy) is 2. The normalized spacial score (nSPS) is 10.5. The van der Waals surface area contributed by atoms with Crippen LogP contribution in [0.15, 0.2) is 60.9 Å². The van der Waals surface area contributed by atoms with Gasteiger partial charge in [0.15, 0.2) is 12.4 Å². The highest BCUT2D eigenvalue weighted by Gasteiger charge is 2.13. The predicted molar refractivity (Wildman–Crippen MR) is 88.0 cm³/mol. The van der Waals surface area contributed by atoms with Crippen molar-refractivity contribution in [3.05, 3.63) is 66.5 Å². The van der Waals surface area contributed by atoms with Gasteiger partial charge in [-0.05, 0) is 47.9 Å². The first kappa shape index (κ1) is 15.0. The first-order valence-corrected chi connectivity index (χ1v) is 7.34. The molecule has 0 amide bonds. The summed E-state index contributed by atoms with van der Waals surface area (Å²) in [6.07, 6.45) is 3.87. The van der Waals surface area contributed by atoms with Crippen molar-refractivity contribution >= 4 is 16.6 Å².